The minimum absolute atomic E-state index is 0. The molecule has 0 spiro atoms. The van der Waals surface area contributed by atoms with Crippen molar-refractivity contribution in [1.29, 1.82) is 0 Å². The van der Waals surface area contributed by atoms with Crippen LogP contribution in [0.25, 0.3) is 0 Å². The molecular formula is C14H22ClNO2. The number of benzene rings is 1. The monoisotopic (exact) mass is 271 g/mol. The van der Waals surface area contributed by atoms with E-state index in [0.29, 0.717) is 6.61 Å². The molecule has 1 aromatic carbocycles. The van der Waals surface area contributed by atoms with Crippen molar-refractivity contribution in [2.45, 2.75) is 40.2 Å². The average molecular weight is 272 g/mol. The average Bonchev–Trinajstić information content (AvgIpc) is 2.15. The zero-order valence-corrected chi connectivity index (χ0v) is 12.3. The predicted octanol–water partition coefficient (Wildman–Crippen LogP) is 2.99. The molecule has 0 heterocycles. The van der Waals surface area contributed by atoms with Crippen LogP contribution in [0.2, 0.25) is 0 Å². The van der Waals surface area contributed by atoms with Gasteiger partial charge < -0.3 is 10.5 Å². The van der Waals surface area contributed by atoms with Gasteiger partial charge in [0.15, 0.2) is 0 Å². The third-order valence-electron chi connectivity index (χ3n) is 2.80. The zero-order chi connectivity index (χ0) is 13.0. The third kappa shape index (κ3) is 4.31. The summed E-state index contributed by atoms with van der Waals surface area (Å²) < 4.78 is 4.92. The van der Waals surface area contributed by atoms with Crippen molar-refractivity contribution in [3.8, 4) is 0 Å². The van der Waals surface area contributed by atoms with Crippen molar-refractivity contribution >= 4 is 18.4 Å². The fourth-order valence-electron chi connectivity index (χ4n) is 2.28. The molecule has 0 aliphatic heterocycles. The van der Waals surface area contributed by atoms with Gasteiger partial charge in [0, 0.05) is 6.04 Å². The number of carbonyl (C=O) groups excluding carboxylic acids is 1. The van der Waals surface area contributed by atoms with Crippen molar-refractivity contribution in [3.05, 3.63) is 34.4 Å². The van der Waals surface area contributed by atoms with E-state index < -0.39 is 0 Å². The quantitative estimate of drug-likeness (QED) is 0.857. The Kier molecular flexibility index (Phi) is 6.96. The summed E-state index contributed by atoms with van der Waals surface area (Å²) in [6.07, 6.45) is 0.235. The Bertz CT molecular complexity index is 395. The number of rotatable bonds is 4. The second-order valence-electron chi connectivity index (χ2n) is 4.43. The van der Waals surface area contributed by atoms with Crippen molar-refractivity contribution in [2.24, 2.45) is 5.73 Å². The van der Waals surface area contributed by atoms with Gasteiger partial charge in [0.25, 0.3) is 0 Å². The number of halogens is 1. The Labute approximate surface area is 115 Å². The number of ether oxygens (including phenoxy) is 1. The first-order valence-electron chi connectivity index (χ1n) is 5.94. The topological polar surface area (TPSA) is 52.3 Å². The molecule has 102 valence electrons. The molecule has 0 aliphatic rings. The van der Waals surface area contributed by atoms with Gasteiger partial charge in [-0.25, -0.2) is 0 Å². The summed E-state index contributed by atoms with van der Waals surface area (Å²) >= 11 is 0. The van der Waals surface area contributed by atoms with Gasteiger partial charge >= 0.3 is 5.97 Å². The summed E-state index contributed by atoms with van der Waals surface area (Å²) in [5.41, 5.74) is 10.6. The Morgan fingerprint density at radius 2 is 1.78 bits per heavy atom. The van der Waals surface area contributed by atoms with E-state index in [9.17, 15) is 4.79 Å². The Morgan fingerprint density at radius 1 is 1.28 bits per heavy atom. The fraction of sp³-hybridized carbons (Fsp3) is 0.500. The maximum Gasteiger partial charge on any atom is 0.307 e. The van der Waals surface area contributed by atoms with Crippen molar-refractivity contribution in [3.63, 3.8) is 0 Å². The lowest BCUT2D eigenvalue weighted by molar-refractivity contribution is -0.143. The molecule has 0 amide bonds. The number of hydrogen-bond donors (Lipinski definition) is 1. The van der Waals surface area contributed by atoms with E-state index >= 15 is 0 Å². The lowest BCUT2D eigenvalue weighted by Gasteiger charge is -2.17. The van der Waals surface area contributed by atoms with Crippen LogP contribution in [0.15, 0.2) is 12.1 Å². The first kappa shape index (κ1) is 16.9. The highest BCUT2D eigenvalue weighted by atomic mass is 35.5. The van der Waals surface area contributed by atoms with Gasteiger partial charge in [-0.1, -0.05) is 17.7 Å². The Morgan fingerprint density at radius 3 is 2.22 bits per heavy atom. The van der Waals surface area contributed by atoms with Crippen LogP contribution in [0.1, 0.15) is 41.6 Å². The zero-order valence-electron chi connectivity index (χ0n) is 11.4. The number of aryl methyl sites for hydroxylation is 3. The van der Waals surface area contributed by atoms with E-state index in [4.69, 9.17) is 10.5 Å². The molecule has 1 aromatic rings. The molecule has 1 atom stereocenters. The van der Waals surface area contributed by atoms with Gasteiger partial charge in [-0.2, -0.15) is 0 Å². The smallest absolute Gasteiger partial charge is 0.307 e. The van der Waals surface area contributed by atoms with E-state index in [1.165, 1.54) is 5.56 Å². The highest BCUT2D eigenvalue weighted by Crippen LogP contribution is 2.24. The summed E-state index contributed by atoms with van der Waals surface area (Å²) in [7, 11) is 0. The SMILES string of the molecule is CCOC(=O)C[C@H](N)c1c(C)cc(C)cc1C.Cl. The molecule has 3 nitrogen and oxygen atoms in total. The molecule has 0 aliphatic carbocycles. The third-order valence-corrected chi connectivity index (χ3v) is 2.80. The van der Waals surface area contributed by atoms with E-state index in [0.717, 1.165) is 16.7 Å². The summed E-state index contributed by atoms with van der Waals surface area (Å²) in [6, 6.07) is 3.90. The van der Waals surface area contributed by atoms with Crippen molar-refractivity contribution in [2.75, 3.05) is 6.61 Å². The molecule has 0 fully saturated rings. The number of hydrogen-bond acceptors (Lipinski definition) is 3. The highest BCUT2D eigenvalue weighted by Gasteiger charge is 2.16. The first-order chi connectivity index (χ1) is 7.95. The summed E-state index contributed by atoms with van der Waals surface area (Å²) in [5, 5.41) is 0. The van der Waals surface area contributed by atoms with Crippen molar-refractivity contribution < 1.29 is 9.53 Å². The fourth-order valence-corrected chi connectivity index (χ4v) is 2.28. The molecule has 1 rings (SSSR count). The van der Waals surface area contributed by atoms with E-state index in [1.807, 2.05) is 13.8 Å². The molecule has 0 bridgehead atoms. The van der Waals surface area contributed by atoms with Crippen molar-refractivity contribution in [1.82, 2.24) is 0 Å². The van der Waals surface area contributed by atoms with Gasteiger partial charge in [-0.15, -0.1) is 12.4 Å². The predicted molar refractivity (Wildman–Crippen MR) is 76.1 cm³/mol. The molecule has 18 heavy (non-hydrogen) atoms. The van der Waals surface area contributed by atoms with Crippen LogP contribution in [0.3, 0.4) is 0 Å². The molecule has 0 aromatic heterocycles. The highest BCUT2D eigenvalue weighted by molar-refractivity contribution is 5.85. The molecule has 0 saturated carbocycles. The van der Waals surface area contributed by atoms with Gasteiger partial charge in [-0.3, -0.25) is 4.79 Å². The first-order valence-corrected chi connectivity index (χ1v) is 5.94. The van der Waals surface area contributed by atoms with Crippen LogP contribution in [0.5, 0.6) is 0 Å². The van der Waals surface area contributed by atoms with Crippen LogP contribution in [-0.4, -0.2) is 12.6 Å². The summed E-state index contributed by atoms with van der Waals surface area (Å²) in [6.45, 7) is 8.31. The molecular weight excluding hydrogens is 250 g/mol. The van der Waals surface area contributed by atoms with Crippen LogP contribution < -0.4 is 5.73 Å². The van der Waals surface area contributed by atoms with E-state index in [-0.39, 0.29) is 30.8 Å². The van der Waals surface area contributed by atoms with Crippen LogP contribution in [0.4, 0.5) is 0 Å². The van der Waals surface area contributed by atoms with Crippen LogP contribution in [0, 0.1) is 20.8 Å². The number of esters is 1. The van der Waals surface area contributed by atoms with E-state index in [2.05, 4.69) is 19.1 Å². The lowest BCUT2D eigenvalue weighted by atomic mass is 9.93. The molecule has 0 unspecified atom stereocenters. The second kappa shape index (κ2) is 7.39. The Hall–Kier alpha value is -1.06. The van der Waals surface area contributed by atoms with Crippen LogP contribution in [-0.2, 0) is 9.53 Å². The number of nitrogens with two attached hydrogens (primary N) is 1. The number of carbonyl (C=O) groups is 1. The maximum absolute atomic E-state index is 11.4. The lowest BCUT2D eigenvalue weighted by Crippen LogP contribution is -2.19. The van der Waals surface area contributed by atoms with E-state index in [1.54, 1.807) is 6.92 Å². The second-order valence-corrected chi connectivity index (χ2v) is 4.43. The van der Waals surface area contributed by atoms with Gasteiger partial charge in [0.2, 0.25) is 0 Å². The molecule has 2 N–H and O–H groups in total. The van der Waals surface area contributed by atoms with Gasteiger partial charge in [-0.05, 0) is 44.4 Å². The van der Waals surface area contributed by atoms with Gasteiger partial charge in [0.05, 0.1) is 13.0 Å². The minimum Gasteiger partial charge on any atom is -0.466 e. The Balaban J connectivity index is 0.00000289. The minimum atomic E-state index is -0.283. The van der Waals surface area contributed by atoms with Gasteiger partial charge in [0.1, 0.15) is 0 Å². The summed E-state index contributed by atoms with van der Waals surface area (Å²) in [4.78, 5) is 11.4. The molecule has 0 saturated heterocycles. The van der Waals surface area contributed by atoms with Crippen LogP contribution >= 0.6 is 12.4 Å². The molecule has 4 heteroatoms. The normalized spacial score (nSPS) is 11.6. The largest absolute Gasteiger partial charge is 0.466 e. The summed E-state index contributed by atoms with van der Waals surface area (Å²) in [5.74, 6) is -0.237. The molecule has 0 radical (unpaired) electrons. The standard InChI is InChI=1S/C14H21NO2.ClH/c1-5-17-13(16)8-12(15)14-10(3)6-9(2)7-11(14)4;/h6-7,12H,5,8,15H2,1-4H3;1H/t12-;/m0./s1. The maximum atomic E-state index is 11.4.